The fourth-order valence-corrected chi connectivity index (χ4v) is 8.09. The second kappa shape index (κ2) is 20.9. The van der Waals surface area contributed by atoms with Crippen LogP contribution < -0.4 is 14.9 Å². The van der Waals surface area contributed by atoms with E-state index in [2.05, 4.69) is 0 Å². The first-order valence-corrected chi connectivity index (χ1v) is 20.8. The predicted octanol–water partition coefficient (Wildman–Crippen LogP) is -2.27. The van der Waals surface area contributed by atoms with Crippen LogP contribution >= 0.6 is 0 Å². The molecule has 3 fully saturated rings. The highest BCUT2D eigenvalue weighted by atomic mass is 16.8. The highest BCUT2D eigenvalue weighted by Crippen LogP contribution is 2.47. The van der Waals surface area contributed by atoms with Crippen molar-refractivity contribution in [2.24, 2.45) is 0 Å². The molecular formula is C44H50O24. The molecule has 0 aliphatic carbocycles. The minimum Gasteiger partial charge on any atom is -0.507 e. The molecule has 370 valence electrons. The fraction of sp³-hybridized carbons (Fsp3) is 0.455. The van der Waals surface area contributed by atoms with Crippen molar-refractivity contribution < 1.29 is 113 Å². The lowest BCUT2D eigenvalue weighted by molar-refractivity contribution is -0.382. The van der Waals surface area contributed by atoms with Crippen LogP contribution in [-0.4, -0.2) is 192 Å². The van der Waals surface area contributed by atoms with E-state index in [1.165, 1.54) is 56.7 Å². The molecule has 1 aromatic heterocycles. The summed E-state index contributed by atoms with van der Waals surface area (Å²) in [5, 5.41) is 139. The predicted molar refractivity (Wildman–Crippen MR) is 225 cm³/mol. The quantitative estimate of drug-likeness (QED) is 0.0468. The molecule has 3 aliphatic heterocycles. The molecular weight excluding hydrogens is 912 g/mol. The van der Waals surface area contributed by atoms with E-state index in [1.807, 2.05) is 0 Å². The van der Waals surface area contributed by atoms with Gasteiger partial charge in [0.1, 0.15) is 101 Å². The summed E-state index contributed by atoms with van der Waals surface area (Å²) in [6.45, 7) is -2.90. The van der Waals surface area contributed by atoms with Crippen molar-refractivity contribution in [3.05, 3.63) is 76.0 Å². The number of ether oxygens (including phenoxy) is 8. The summed E-state index contributed by atoms with van der Waals surface area (Å²) >= 11 is 0. The Kier molecular flexibility index (Phi) is 15.4. The molecule has 24 nitrogen and oxygen atoms in total. The Morgan fingerprint density at radius 2 is 1.22 bits per heavy atom. The molecule has 0 saturated carbocycles. The number of hydrogen-bond donors (Lipinski definition) is 13. The van der Waals surface area contributed by atoms with Crippen molar-refractivity contribution in [2.45, 2.75) is 91.9 Å². The van der Waals surface area contributed by atoms with Crippen LogP contribution in [0.4, 0.5) is 0 Å². The first-order valence-electron chi connectivity index (χ1n) is 20.8. The number of phenolic OH excluding ortho intramolecular Hbond substituents is 4. The van der Waals surface area contributed by atoms with Crippen molar-refractivity contribution in [2.75, 3.05) is 34.0 Å². The van der Waals surface area contributed by atoms with Crippen molar-refractivity contribution in [3.63, 3.8) is 0 Å². The molecule has 4 heterocycles. The third kappa shape index (κ3) is 9.78. The fourth-order valence-electron chi connectivity index (χ4n) is 8.09. The molecule has 0 unspecified atom stereocenters. The number of aliphatic hydroxyl groups is 9. The van der Waals surface area contributed by atoms with Crippen molar-refractivity contribution in [1.29, 1.82) is 0 Å². The Morgan fingerprint density at radius 3 is 1.87 bits per heavy atom. The van der Waals surface area contributed by atoms with Crippen LogP contribution in [0.3, 0.4) is 0 Å². The number of methoxy groups -OCH3 is 2. The van der Waals surface area contributed by atoms with Crippen LogP contribution in [0.2, 0.25) is 0 Å². The number of esters is 1. The van der Waals surface area contributed by atoms with Gasteiger partial charge >= 0.3 is 5.97 Å². The van der Waals surface area contributed by atoms with Crippen molar-refractivity contribution in [3.8, 4) is 45.8 Å². The molecule has 15 atom stereocenters. The van der Waals surface area contributed by atoms with Gasteiger partial charge < -0.3 is 109 Å². The molecule has 0 radical (unpaired) electrons. The van der Waals surface area contributed by atoms with Crippen molar-refractivity contribution >= 4 is 23.0 Å². The van der Waals surface area contributed by atoms with Gasteiger partial charge in [-0.05, 0) is 42.0 Å². The number of fused-ring (bicyclic) bond motifs is 1. The van der Waals surface area contributed by atoms with Gasteiger partial charge in [-0.3, -0.25) is 4.79 Å². The van der Waals surface area contributed by atoms with E-state index < -0.39 is 146 Å². The van der Waals surface area contributed by atoms with E-state index in [0.29, 0.717) is 5.56 Å². The molecule has 3 saturated heterocycles. The van der Waals surface area contributed by atoms with Gasteiger partial charge in [-0.1, -0.05) is 6.07 Å². The summed E-state index contributed by atoms with van der Waals surface area (Å²) < 4.78 is 51.1. The summed E-state index contributed by atoms with van der Waals surface area (Å²) in [4.78, 5) is 27.6. The lowest BCUT2D eigenvalue weighted by Crippen LogP contribution is -2.66. The van der Waals surface area contributed by atoms with Gasteiger partial charge in [-0.15, -0.1) is 0 Å². The smallest absolute Gasteiger partial charge is 0.331 e. The first-order chi connectivity index (χ1) is 32.4. The Labute approximate surface area is 383 Å². The van der Waals surface area contributed by atoms with Gasteiger partial charge in [0.25, 0.3) is 0 Å². The summed E-state index contributed by atoms with van der Waals surface area (Å²) in [5.41, 5.74) is -1.40. The van der Waals surface area contributed by atoms with E-state index in [9.17, 15) is 76.0 Å². The molecule has 0 amide bonds. The van der Waals surface area contributed by atoms with Crippen LogP contribution in [0.25, 0.3) is 28.4 Å². The Morgan fingerprint density at radius 1 is 0.632 bits per heavy atom. The lowest BCUT2D eigenvalue weighted by atomic mass is 9.88. The van der Waals surface area contributed by atoms with Crippen LogP contribution in [0.5, 0.6) is 34.5 Å². The SMILES string of the molecule is COc1cc(/C=C/C(=O)O[C@H]2[C@H](O[C@H]3O[C@@H](CO)[C@H](O)[C@@H](O)[C@@H]3O[C@@H]3O[C@H](CO)[C@H](O)[C@H](O)[C@@H]3O)[C@@H](O)[C@@H](CO)O[C@H]2c2c(O)cc3oc(-c4ccc(O)c(OC)c4)cc(=O)c3c2O)ccc1O. The molecule has 13 N–H and O–H groups in total. The van der Waals surface area contributed by atoms with E-state index in [-0.39, 0.29) is 39.9 Å². The average Bonchev–Trinajstić information content (AvgIpc) is 3.32. The Bertz CT molecular complexity index is 2510. The van der Waals surface area contributed by atoms with E-state index >= 15 is 0 Å². The Balaban J connectivity index is 1.32. The third-order valence-electron chi connectivity index (χ3n) is 11.7. The molecule has 7 rings (SSSR count). The maximum Gasteiger partial charge on any atom is 0.331 e. The molecule has 24 heteroatoms. The maximum absolute atomic E-state index is 13.8. The standard InChI is InChI=1S/C44H50O24/c1-60-23-9-16(3-6-18(23)48)4-8-29(52)66-42-39(31-21(51)12-25-30(35(31)56)20(50)11-22(62-25)17-5-7-19(49)24(10-17)61-2)63-28(15-47)34(55)40(42)67-44-41(37(58)33(54)27(14-46)65-44)68-43-38(59)36(57)32(53)26(13-45)64-43/h3-12,26-28,32-34,36-49,51,53-59H,13-15H2,1-2H3/b8-4+/t26-,27+,28-,32+,33+,34+,36+,37-,38+,39+,40-,41+,42-,43+,44-/m1/s1. The summed E-state index contributed by atoms with van der Waals surface area (Å²) in [7, 11) is 2.58. The largest absolute Gasteiger partial charge is 0.507 e. The maximum atomic E-state index is 13.8. The summed E-state index contributed by atoms with van der Waals surface area (Å²) in [6.07, 6.45) is -27.2. The van der Waals surface area contributed by atoms with E-state index in [4.69, 9.17) is 42.3 Å². The van der Waals surface area contributed by atoms with Gasteiger partial charge in [0.2, 0.25) is 0 Å². The van der Waals surface area contributed by atoms with Crippen LogP contribution in [0.1, 0.15) is 17.2 Å². The molecule has 3 aromatic carbocycles. The second-order valence-electron chi connectivity index (χ2n) is 15.9. The van der Waals surface area contributed by atoms with E-state index in [0.717, 1.165) is 18.2 Å². The molecule has 4 aromatic rings. The third-order valence-corrected chi connectivity index (χ3v) is 11.7. The van der Waals surface area contributed by atoms with Gasteiger partial charge in [-0.25, -0.2) is 4.79 Å². The number of carbonyl (C=O) groups is 1. The van der Waals surface area contributed by atoms with Gasteiger partial charge in [0.15, 0.2) is 47.1 Å². The first kappa shape index (κ1) is 50.2. The number of benzene rings is 3. The topological polar surface area (TPSA) is 384 Å². The molecule has 0 bridgehead atoms. The zero-order valence-corrected chi connectivity index (χ0v) is 35.9. The highest BCUT2D eigenvalue weighted by molar-refractivity contribution is 5.89. The molecule has 3 aliphatic rings. The zero-order valence-electron chi connectivity index (χ0n) is 35.9. The number of aliphatic hydroxyl groups excluding tert-OH is 9. The summed E-state index contributed by atoms with van der Waals surface area (Å²) in [5.74, 6) is -3.55. The minimum absolute atomic E-state index is 0.0272. The average molecular weight is 963 g/mol. The number of carbonyl (C=O) groups excluding carboxylic acids is 1. The van der Waals surface area contributed by atoms with Crippen LogP contribution in [0.15, 0.2) is 63.8 Å². The molecule has 0 spiro atoms. The Hall–Kier alpha value is -5.68. The monoisotopic (exact) mass is 962 g/mol. The summed E-state index contributed by atoms with van der Waals surface area (Å²) in [6, 6.07) is 9.97. The van der Waals surface area contributed by atoms with Gasteiger partial charge in [-0.2, -0.15) is 0 Å². The second-order valence-corrected chi connectivity index (χ2v) is 15.9. The molecule has 68 heavy (non-hydrogen) atoms. The highest BCUT2D eigenvalue weighted by Gasteiger charge is 2.56. The van der Waals surface area contributed by atoms with Crippen LogP contribution in [0, 0.1) is 0 Å². The lowest BCUT2D eigenvalue weighted by Gasteiger charge is -2.49. The number of aromatic hydroxyl groups is 4. The number of phenols is 4. The van der Waals surface area contributed by atoms with Gasteiger partial charge in [0.05, 0.1) is 39.6 Å². The number of hydrogen-bond acceptors (Lipinski definition) is 24. The number of rotatable bonds is 14. The van der Waals surface area contributed by atoms with Crippen molar-refractivity contribution in [1.82, 2.24) is 0 Å². The zero-order chi connectivity index (χ0) is 49.3. The van der Waals surface area contributed by atoms with E-state index in [1.54, 1.807) is 0 Å². The van der Waals surface area contributed by atoms with Gasteiger partial charge in [0, 0.05) is 23.8 Å². The minimum atomic E-state index is -2.12. The van der Waals surface area contributed by atoms with Crippen LogP contribution in [-0.2, 0) is 33.2 Å². The normalized spacial score (nSPS) is 32.0.